The molecule has 1 atom stereocenters. The van der Waals surface area contributed by atoms with E-state index in [-0.39, 0.29) is 11.1 Å². The summed E-state index contributed by atoms with van der Waals surface area (Å²) in [6.07, 6.45) is 7.38. The van der Waals surface area contributed by atoms with E-state index in [9.17, 15) is 14.9 Å². The molecule has 0 N–H and O–H groups in total. The molecule has 36 heavy (non-hydrogen) atoms. The van der Waals surface area contributed by atoms with Crippen LogP contribution in [0.3, 0.4) is 0 Å². The van der Waals surface area contributed by atoms with Gasteiger partial charge in [-0.15, -0.1) is 0 Å². The zero-order chi connectivity index (χ0) is 25.6. The van der Waals surface area contributed by atoms with Crippen LogP contribution in [0.5, 0.6) is 0 Å². The minimum absolute atomic E-state index is 0.0978. The van der Waals surface area contributed by atoms with Gasteiger partial charge in [-0.3, -0.25) is 4.68 Å². The molecule has 1 saturated heterocycles. The van der Waals surface area contributed by atoms with Gasteiger partial charge in [-0.1, -0.05) is 11.8 Å². The van der Waals surface area contributed by atoms with Gasteiger partial charge in [0.25, 0.3) is 0 Å². The van der Waals surface area contributed by atoms with E-state index >= 15 is 0 Å². The summed E-state index contributed by atoms with van der Waals surface area (Å²) in [5.41, 5.74) is 4.41. The Morgan fingerprint density at radius 3 is 2.58 bits per heavy atom. The van der Waals surface area contributed by atoms with E-state index in [0.717, 1.165) is 41.1 Å². The highest BCUT2D eigenvalue weighted by atomic mass is 32.2. The van der Waals surface area contributed by atoms with Crippen molar-refractivity contribution in [1.29, 1.82) is 10.5 Å². The van der Waals surface area contributed by atoms with Gasteiger partial charge in [-0.25, -0.2) is 8.91 Å². The molecular formula is C27H26FN7S. The van der Waals surface area contributed by atoms with E-state index < -0.39 is 5.82 Å². The Labute approximate surface area is 213 Å². The first-order valence-electron chi connectivity index (χ1n) is 11.8. The van der Waals surface area contributed by atoms with Crippen LogP contribution < -0.4 is 0 Å². The van der Waals surface area contributed by atoms with Gasteiger partial charge < -0.3 is 4.90 Å². The first kappa shape index (κ1) is 24.1. The van der Waals surface area contributed by atoms with Crippen LogP contribution in [0, 0.1) is 35.4 Å². The quantitative estimate of drug-likeness (QED) is 0.364. The number of piperidine rings is 1. The van der Waals surface area contributed by atoms with Gasteiger partial charge >= 0.3 is 0 Å². The number of pyridine rings is 1. The van der Waals surface area contributed by atoms with E-state index in [0.29, 0.717) is 22.0 Å². The molecule has 0 radical (unpaired) electrons. The standard InChI is InChI=1S/C27H26FN7S/c1-17-23(15-32-35(17)22-7-8-33(4)27(2,3)11-22)19-10-25(26-20(13-30)14-31-34(26)16-19)36-24-6-5-21(28)9-18(24)12-29/h5-6,9-10,14-16,22H,7-8,11H2,1-4H3/t22-/m0/s1. The van der Waals surface area contributed by atoms with Gasteiger partial charge in [0.1, 0.15) is 18.0 Å². The molecule has 1 fully saturated rings. The molecule has 0 aliphatic carbocycles. The van der Waals surface area contributed by atoms with E-state index in [1.807, 2.05) is 18.5 Å². The maximum Gasteiger partial charge on any atom is 0.124 e. The van der Waals surface area contributed by atoms with Gasteiger partial charge in [0, 0.05) is 44.9 Å². The molecule has 0 saturated carbocycles. The molecular weight excluding hydrogens is 473 g/mol. The van der Waals surface area contributed by atoms with Gasteiger partial charge in [-0.2, -0.15) is 20.7 Å². The number of hydrogen-bond donors (Lipinski definition) is 0. The fraction of sp³-hybridized carbons (Fsp3) is 0.333. The first-order chi connectivity index (χ1) is 17.2. The van der Waals surface area contributed by atoms with Gasteiger partial charge in [0.2, 0.25) is 0 Å². The lowest BCUT2D eigenvalue weighted by atomic mass is 9.87. The van der Waals surface area contributed by atoms with Crippen LogP contribution in [0.25, 0.3) is 16.6 Å². The highest BCUT2D eigenvalue weighted by molar-refractivity contribution is 7.99. The molecule has 1 aliphatic rings. The van der Waals surface area contributed by atoms with Crippen molar-refractivity contribution in [3.05, 3.63) is 65.5 Å². The molecule has 182 valence electrons. The normalized spacial score (nSPS) is 17.7. The molecule has 7 nitrogen and oxygen atoms in total. The van der Waals surface area contributed by atoms with Gasteiger partial charge in [0.15, 0.2) is 0 Å². The topological polar surface area (TPSA) is 85.9 Å². The van der Waals surface area contributed by atoms with E-state index in [2.05, 4.69) is 54.6 Å². The monoisotopic (exact) mass is 499 g/mol. The van der Waals surface area contributed by atoms with Crippen molar-refractivity contribution in [3.8, 4) is 23.3 Å². The maximum atomic E-state index is 13.7. The Hall–Kier alpha value is -3.66. The van der Waals surface area contributed by atoms with Crippen molar-refractivity contribution in [2.24, 2.45) is 0 Å². The molecule has 0 unspecified atom stereocenters. The molecule has 4 aromatic rings. The Balaban J connectivity index is 1.59. The Morgan fingerprint density at radius 2 is 1.86 bits per heavy atom. The third-order valence-corrected chi connectivity index (χ3v) is 8.35. The second-order valence-electron chi connectivity index (χ2n) is 9.88. The molecule has 1 aromatic carbocycles. The summed E-state index contributed by atoms with van der Waals surface area (Å²) in [6, 6.07) is 10.7. The Kier molecular flexibility index (Phi) is 6.07. The lowest BCUT2D eigenvalue weighted by Crippen LogP contribution is -2.48. The van der Waals surface area contributed by atoms with Crippen LogP contribution in [-0.2, 0) is 0 Å². The predicted octanol–water partition coefficient (Wildman–Crippen LogP) is 5.59. The van der Waals surface area contributed by atoms with Crippen molar-refractivity contribution in [2.75, 3.05) is 13.6 Å². The Bertz CT molecular complexity index is 1550. The van der Waals surface area contributed by atoms with E-state index in [1.54, 1.807) is 10.6 Å². The fourth-order valence-corrected chi connectivity index (χ4v) is 6.03. The smallest absolute Gasteiger partial charge is 0.124 e. The van der Waals surface area contributed by atoms with Crippen LogP contribution >= 0.6 is 11.8 Å². The molecule has 9 heteroatoms. The number of rotatable bonds is 4. The van der Waals surface area contributed by atoms with Crippen LogP contribution in [0.4, 0.5) is 4.39 Å². The zero-order valence-electron chi connectivity index (χ0n) is 20.7. The number of halogens is 1. The molecule has 3 aromatic heterocycles. The number of nitriles is 2. The van der Waals surface area contributed by atoms with Crippen LogP contribution in [0.1, 0.15) is 49.6 Å². The third kappa shape index (κ3) is 4.15. The number of nitrogens with zero attached hydrogens (tertiary/aromatic N) is 7. The Morgan fingerprint density at radius 1 is 1.08 bits per heavy atom. The summed E-state index contributed by atoms with van der Waals surface area (Å²) in [5, 5.41) is 28.4. The summed E-state index contributed by atoms with van der Waals surface area (Å²) >= 11 is 1.33. The number of likely N-dealkylation sites (tertiary alicyclic amines) is 1. The summed E-state index contributed by atoms with van der Waals surface area (Å²) < 4.78 is 17.6. The molecule has 0 spiro atoms. The lowest BCUT2D eigenvalue weighted by molar-refractivity contribution is 0.0712. The highest BCUT2D eigenvalue weighted by Gasteiger charge is 2.34. The van der Waals surface area contributed by atoms with Crippen molar-refractivity contribution in [2.45, 2.75) is 55.0 Å². The van der Waals surface area contributed by atoms with E-state index in [4.69, 9.17) is 5.10 Å². The zero-order valence-corrected chi connectivity index (χ0v) is 21.5. The lowest BCUT2D eigenvalue weighted by Gasteiger charge is -2.43. The summed E-state index contributed by atoms with van der Waals surface area (Å²) in [7, 11) is 2.17. The largest absolute Gasteiger partial charge is 0.301 e. The molecule has 4 heterocycles. The van der Waals surface area contributed by atoms with Crippen LogP contribution in [0.15, 0.2) is 52.6 Å². The SMILES string of the molecule is Cc1c(-c2cc(Sc3ccc(F)cc3C#N)c3c(C#N)cnn3c2)cnn1[C@H]1CCN(C)C(C)(C)C1. The number of fused-ring (bicyclic) bond motifs is 1. The molecule has 1 aliphatic heterocycles. The number of aromatic nitrogens is 4. The second-order valence-corrected chi connectivity index (χ2v) is 11.0. The number of benzene rings is 1. The minimum atomic E-state index is -0.461. The number of hydrogen-bond acceptors (Lipinski definition) is 6. The minimum Gasteiger partial charge on any atom is -0.301 e. The van der Waals surface area contributed by atoms with Crippen LogP contribution in [-0.4, -0.2) is 43.4 Å². The van der Waals surface area contributed by atoms with Crippen molar-refractivity contribution >= 4 is 17.3 Å². The summed E-state index contributed by atoms with van der Waals surface area (Å²) in [5.74, 6) is -0.461. The van der Waals surface area contributed by atoms with Crippen molar-refractivity contribution in [1.82, 2.24) is 24.3 Å². The average molecular weight is 500 g/mol. The first-order valence-corrected chi connectivity index (χ1v) is 12.6. The fourth-order valence-electron chi connectivity index (χ4n) is 4.95. The van der Waals surface area contributed by atoms with E-state index in [1.165, 1.54) is 30.1 Å². The second kappa shape index (κ2) is 9.09. The van der Waals surface area contributed by atoms with Crippen molar-refractivity contribution < 1.29 is 4.39 Å². The summed E-state index contributed by atoms with van der Waals surface area (Å²) in [4.78, 5) is 3.78. The van der Waals surface area contributed by atoms with Crippen molar-refractivity contribution in [3.63, 3.8) is 0 Å². The third-order valence-electron chi connectivity index (χ3n) is 7.25. The average Bonchev–Trinajstić information content (AvgIpc) is 3.45. The highest BCUT2D eigenvalue weighted by Crippen LogP contribution is 2.39. The van der Waals surface area contributed by atoms with Crippen LogP contribution in [0.2, 0.25) is 0 Å². The van der Waals surface area contributed by atoms with Gasteiger partial charge in [-0.05, 0) is 64.9 Å². The molecule has 0 bridgehead atoms. The van der Waals surface area contributed by atoms with Gasteiger partial charge in [0.05, 0.1) is 35.1 Å². The maximum absolute atomic E-state index is 13.7. The summed E-state index contributed by atoms with van der Waals surface area (Å²) in [6.45, 7) is 7.64. The molecule has 0 amide bonds. The predicted molar refractivity (Wildman–Crippen MR) is 136 cm³/mol. The molecule has 5 rings (SSSR count).